The molecule has 0 radical (unpaired) electrons. The quantitative estimate of drug-likeness (QED) is 0.783. The molecule has 0 fully saturated rings. The minimum Gasteiger partial charge on any atom is -0.483 e. The Morgan fingerprint density at radius 3 is 2.48 bits per heavy atom. The fraction of sp³-hybridized carbons (Fsp3) is 0.222. The van der Waals surface area contributed by atoms with Gasteiger partial charge in [0.05, 0.1) is 11.1 Å². The molecule has 1 atom stereocenters. The SMILES string of the molecule is Cc1ccc(F)c2c1OCC(=O)NC2C(=O)Nc1ccc(C(F)(F)F)cc1. The lowest BCUT2D eigenvalue weighted by atomic mass is 10.0. The molecule has 9 heteroatoms. The molecule has 0 aromatic heterocycles. The summed E-state index contributed by atoms with van der Waals surface area (Å²) in [5.41, 5.74) is -0.397. The Bertz CT molecular complexity index is 895. The van der Waals surface area contributed by atoms with Crippen LogP contribution in [0, 0.1) is 12.7 Å². The van der Waals surface area contributed by atoms with Gasteiger partial charge in [-0.1, -0.05) is 6.07 Å². The van der Waals surface area contributed by atoms with E-state index in [0.717, 1.165) is 30.3 Å². The van der Waals surface area contributed by atoms with E-state index < -0.39 is 35.4 Å². The van der Waals surface area contributed by atoms with Crippen molar-refractivity contribution in [3.05, 3.63) is 58.9 Å². The molecule has 1 aliphatic rings. The third-order valence-corrected chi connectivity index (χ3v) is 4.02. The molecule has 142 valence electrons. The Morgan fingerprint density at radius 2 is 1.85 bits per heavy atom. The summed E-state index contributed by atoms with van der Waals surface area (Å²) in [5, 5.41) is 4.75. The molecule has 1 heterocycles. The summed E-state index contributed by atoms with van der Waals surface area (Å²) in [6.45, 7) is 1.25. The topological polar surface area (TPSA) is 67.4 Å². The Balaban J connectivity index is 1.90. The van der Waals surface area contributed by atoms with E-state index in [0.29, 0.717) is 5.56 Å². The van der Waals surface area contributed by atoms with Gasteiger partial charge in [-0.25, -0.2) is 4.39 Å². The summed E-state index contributed by atoms with van der Waals surface area (Å²) in [6.07, 6.45) is -4.51. The van der Waals surface area contributed by atoms with Gasteiger partial charge in [0.1, 0.15) is 17.6 Å². The van der Waals surface area contributed by atoms with Crippen molar-refractivity contribution >= 4 is 17.5 Å². The van der Waals surface area contributed by atoms with Crippen molar-refractivity contribution in [2.45, 2.75) is 19.1 Å². The van der Waals surface area contributed by atoms with Crippen LogP contribution in [0.15, 0.2) is 36.4 Å². The van der Waals surface area contributed by atoms with Gasteiger partial charge in [-0.05, 0) is 42.8 Å². The number of carbonyl (C=O) groups is 2. The molecule has 2 aromatic rings. The number of halogens is 4. The molecular weight excluding hydrogens is 368 g/mol. The highest BCUT2D eigenvalue weighted by atomic mass is 19.4. The lowest BCUT2D eigenvalue weighted by Crippen LogP contribution is -2.37. The zero-order valence-electron chi connectivity index (χ0n) is 14.0. The lowest BCUT2D eigenvalue weighted by Gasteiger charge is -2.19. The van der Waals surface area contributed by atoms with Crippen molar-refractivity contribution in [1.82, 2.24) is 5.32 Å². The molecule has 2 N–H and O–H groups in total. The predicted octanol–water partition coefficient (Wildman–Crippen LogP) is 3.34. The maximum atomic E-state index is 14.4. The number of fused-ring (bicyclic) bond motifs is 1. The number of amides is 2. The summed E-state index contributed by atoms with van der Waals surface area (Å²) in [6, 6.07) is 4.97. The number of aryl methyl sites for hydroxylation is 1. The predicted molar refractivity (Wildman–Crippen MR) is 87.6 cm³/mol. The van der Waals surface area contributed by atoms with Gasteiger partial charge >= 0.3 is 6.18 Å². The van der Waals surface area contributed by atoms with Gasteiger partial charge in [0.15, 0.2) is 6.61 Å². The molecule has 1 aliphatic heterocycles. The number of hydrogen-bond acceptors (Lipinski definition) is 3. The zero-order valence-corrected chi connectivity index (χ0v) is 14.0. The summed E-state index contributed by atoms with van der Waals surface area (Å²) in [5.74, 6) is -2.09. The number of carbonyl (C=O) groups excluding carboxylic acids is 2. The molecule has 0 saturated heterocycles. The normalized spacial score (nSPS) is 16.6. The number of alkyl halides is 3. The van der Waals surface area contributed by atoms with E-state index in [4.69, 9.17) is 4.74 Å². The Labute approximate surface area is 151 Å². The second-order valence-corrected chi connectivity index (χ2v) is 5.96. The number of anilines is 1. The molecule has 2 amide bonds. The largest absolute Gasteiger partial charge is 0.483 e. The maximum Gasteiger partial charge on any atom is 0.416 e. The first-order valence-electron chi connectivity index (χ1n) is 7.86. The number of rotatable bonds is 2. The molecule has 3 rings (SSSR count). The number of hydrogen-bond donors (Lipinski definition) is 2. The van der Waals surface area contributed by atoms with E-state index in [1.54, 1.807) is 6.92 Å². The summed E-state index contributed by atoms with van der Waals surface area (Å²) in [4.78, 5) is 24.4. The van der Waals surface area contributed by atoms with E-state index in [2.05, 4.69) is 10.6 Å². The van der Waals surface area contributed by atoms with E-state index >= 15 is 0 Å². The Morgan fingerprint density at radius 1 is 1.19 bits per heavy atom. The average Bonchev–Trinajstić information content (AvgIpc) is 2.78. The highest BCUT2D eigenvalue weighted by Crippen LogP contribution is 2.34. The van der Waals surface area contributed by atoms with Gasteiger partial charge < -0.3 is 15.4 Å². The summed E-state index contributed by atoms with van der Waals surface area (Å²) < 4.78 is 57.5. The molecule has 27 heavy (non-hydrogen) atoms. The number of benzene rings is 2. The number of nitrogens with one attached hydrogen (secondary N) is 2. The minimum atomic E-state index is -4.51. The third kappa shape index (κ3) is 3.86. The Kier molecular flexibility index (Phi) is 4.77. The van der Waals surface area contributed by atoms with Crippen LogP contribution < -0.4 is 15.4 Å². The van der Waals surface area contributed by atoms with Gasteiger partial charge in [-0.2, -0.15) is 13.2 Å². The monoisotopic (exact) mass is 382 g/mol. The smallest absolute Gasteiger partial charge is 0.416 e. The highest BCUT2D eigenvalue weighted by molar-refractivity contribution is 5.99. The average molecular weight is 382 g/mol. The lowest BCUT2D eigenvalue weighted by molar-refractivity contribution is -0.137. The molecular formula is C18H14F4N2O3. The van der Waals surface area contributed by atoms with Crippen LogP contribution >= 0.6 is 0 Å². The van der Waals surface area contributed by atoms with E-state index in [1.165, 1.54) is 6.07 Å². The van der Waals surface area contributed by atoms with E-state index in [1.807, 2.05) is 0 Å². The van der Waals surface area contributed by atoms with Gasteiger partial charge in [0, 0.05) is 5.69 Å². The first-order valence-corrected chi connectivity index (χ1v) is 7.86. The van der Waals surface area contributed by atoms with Crippen molar-refractivity contribution in [2.75, 3.05) is 11.9 Å². The van der Waals surface area contributed by atoms with E-state index in [9.17, 15) is 27.2 Å². The third-order valence-electron chi connectivity index (χ3n) is 4.02. The van der Waals surface area contributed by atoms with Crippen LogP contribution in [-0.4, -0.2) is 18.4 Å². The highest BCUT2D eigenvalue weighted by Gasteiger charge is 2.33. The van der Waals surface area contributed by atoms with Crippen LogP contribution in [0.5, 0.6) is 5.75 Å². The number of ether oxygens (including phenoxy) is 1. The minimum absolute atomic E-state index is 0.0713. The summed E-state index contributed by atoms with van der Waals surface area (Å²) >= 11 is 0. The first kappa shape index (κ1) is 18.7. The molecule has 2 aromatic carbocycles. The van der Waals surface area contributed by atoms with Crippen LogP contribution in [0.25, 0.3) is 0 Å². The van der Waals surface area contributed by atoms with Crippen LogP contribution in [0.1, 0.15) is 22.7 Å². The fourth-order valence-electron chi connectivity index (χ4n) is 2.71. The van der Waals surface area contributed by atoms with Crippen LogP contribution in [0.3, 0.4) is 0 Å². The van der Waals surface area contributed by atoms with Crippen LogP contribution in [-0.2, 0) is 15.8 Å². The van der Waals surface area contributed by atoms with Crippen LogP contribution in [0.4, 0.5) is 23.2 Å². The van der Waals surface area contributed by atoms with Crippen LogP contribution in [0.2, 0.25) is 0 Å². The standard InChI is InChI=1S/C18H14F4N2O3/c1-9-2-7-12(19)14-15(24-13(25)8-27-16(9)14)17(26)23-11-5-3-10(4-6-11)18(20,21)22/h2-7,15H,8H2,1H3,(H,23,26)(H,24,25). The molecule has 0 aliphatic carbocycles. The molecule has 0 spiro atoms. The zero-order chi connectivity index (χ0) is 19.8. The second kappa shape index (κ2) is 6.90. The summed E-state index contributed by atoms with van der Waals surface area (Å²) in [7, 11) is 0. The molecule has 5 nitrogen and oxygen atoms in total. The first-order chi connectivity index (χ1) is 12.7. The molecule has 1 unspecified atom stereocenters. The molecule has 0 bridgehead atoms. The van der Waals surface area contributed by atoms with Gasteiger partial charge in [0.25, 0.3) is 11.8 Å². The van der Waals surface area contributed by atoms with Crippen molar-refractivity contribution in [3.63, 3.8) is 0 Å². The van der Waals surface area contributed by atoms with Gasteiger partial charge in [-0.3, -0.25) is 9.59 Å². The van der Waals surface area contributed by atoms with Crippen molar-refractivity contribution in [2.24, 2.45) is 0 Å². The maximum absolute atomic E-state index is 14.4. The van der Waals surface area contributed by atoms with Crippen molar-refractivity contribution in [1.29, 1.82) is 0 Å². The van der Waals surface area contributed by atoms with Gasteiger partial charge in [-0.15, -0.1) is 0 Å². The fourth-order valence-corrected chi connectivity index (χ4v) is 2.71. The van der Waals surface area contributed by atoms with Gasteiger partial charge in [0.2, 0.25) is 0 Å². The Hall–Kier alpha value is -3.10. The van der Waals surface area contributed by atoms with E-state index in [-0.39, 0.29) is 23.6 Å². The van der Waals surface area contributed by atoms with Crippen molar-refractivity contribution in [3.8, 4) is 5.75 Å². The van der Waals surface area contributed by atoms with Crippen molar-refractivity contribution < 1.29 is 31.9 Å². The second-order valence-electron chi connectivity index (χ2n) is 5.96. The molecule has 0 saturated carbocycles.